The van der Waals surface area contributed by atoms with Gasteiger partial charge in [-0.3, -0.25) is 4.90 Å². The van der Waals surface area contributed by atoms with Crippen LogP contribution < -0.4 is 14.8 Å². The van der Waals surface area contributed by atoms with Crippen molar-refractivity contribution in [2.45, 2.75) is 17.4 Å². The highest BCUT2D eigenvalue weighted by Gasteiger charge is 2.35. The SMILES string of the molecule is COc1cc(OC)cc(S(=O)(=O)N2CCC(N3CCNCC3)C2)c1. The summed E-state index contributed by atoms with van der Waals surface area (Å²) in [5.74, 6) is 0.955. The minimum atomic E-state index is -3.54. The van der Waals surface area contributed by atoms with Crippen LogP contribution >= 0.6 is 0 Å². The number of piperazine rings is 1. The highest BCUT2D eigenvalue weighted by atomic mass is 32.2. The van der Waals surface area contributed by atoms with E-state index < -0.39 is 10.0 Å². The highest BCUT2D eigenvalue weighted by Crippen LogP contribution is 2.29. The van der Waals surface area contributed by atoms with Gasteiger partial charge in [0.15, 0.2) is 0 Å². The maximum absolute atomic E-state index is 13.0. The molecule has 0 aliphatic carbocycles. The predicted molar refractivity (Wildman–Crippen MR) is 91.2 cm³/mol. The van der Waals surface area contributed by atoms with Gasteiger partial charge >= 0.3 is 0 Å². The lowest BCUT2D eigenvalue weighted by Gasteiger charge is -2.32. The Labute approximate surface area is 143 Å². The van der Waals surface area contributed by atoms with Gasteiger partial charge in [-0.15, -0.1) is 0 Å². The third-order valence-corrected chi connectivity index (χ3v) is 6.60. The summed E-state index contributed by atoms with van der Waals surface area (Å²) >= 11 is 0. The van der Waals surface area contributed by atoms with Crippen molar-refractivity contribution in [2.75, 3.05) is 53.5 Å². The van der Waals surface area contributed by atoms with Crippen molar-refractivity contribution in [1.82, 2.24) is 14.5 Å². The van der Waals surface area contributed by atoms with E-state index in [1.165, 1.54) is 14.2 Å². The first kappa shape index (κ1) is 17.5. The second-order valence-electron chi connectivity index (χ2n) is 6.14. The molecule has 2 aliphatic heterocycles. The van der Waals surface area contributed by atoms with Crippen molar-refractivity contribution in [3.05, 3.63) is 18.2 Å². The Morgan fingerprint density at radius 1 is 1.04 bits per heavy atom. The summed E-state index contributed by atoms with van der Waals surface area (Å²) in [5.41, 5.74) is 0. The minimum absolute atomic E-state index is 0.222. The van der Waals surface area contributed by atoms with Gasteiger partial charge in [-0.25, -0.2) is 8.42 Å². The number of nitrogens with one attached hydrogen (secondary N) is 1. The number of hydrogen-bond donors (Lipinski definition) is 1. The third-order valence-electron chi connectivity index (χ3n) is 4.76. The molecule has 0 aromatic heterocycles. The van der Waals surface area contributed by atoms with Crippen LogP contribution in [0, 0.1) is 0 Å². The average molecular weight is 355 g/mol. The van der Waals surface area contributed by atoms with Crippen LogP contribution in [0.15, 0.2) is 23.1 Å². The lowest BCUT2D eigenvalue weighted by molar-refractivity contribution is 0.179. The van der Waals surface area contributed by atoms with E-state index in [2.05, 4.69) is 10.2 Å². The van der Waals surface area contributed by atoms with Crippen LogP contribution in [0.4, 0.5) is 0 Å². The first-order chi connectivity index (χ1) is 11.5. The Bertz CT molecular complexity index is 652. The first-order valence-electron chi connectivity index (χ1n) is 8.22. The highest BCUT2D eigenvalue weighted by molar-refractivity contribution is 7.89. The van der Waals surface area contributed by atoms with Crippen LogP contribution in [-0.2, 0) is 10.0 Å². The first-order valence-corrected chi connectivity index (χ1v) is 9.66. The molecule has 8 heteroatoms. The molecule has 0 spiro atoms. The van der Waals surface area contributed by atoms with Crippen molar-refractivity contribution < 1.29 is 17.9 Å². The molecule has 1 unspecified atom stereocenters. The van der Waals surface area contributed by atoms with Crippen molar-refractivity contribution in [3.63, 3.8) is 0 Å². The van der Waals surface area contributed by atoms with Crippen LogP contribution in [-0.4, -0.2) is 77.2 Å². The molecule has 1 atom stereocenters. The number of rotatable bonds is 5. The van der Waals surface area contributed by atoms with Gasteiger partial charge in [-0.1, -0.05) is 0 Å². The lowest BCUT2D eigenvalue weighted by Crippen LogP contribution is -2.49. The van der Waals surface area contributed by atoms with Gasteiger partial charge in [-0.2, -0.15) is 4.31 Å². The van der Waals surface area contributed by atoms with Crippen molar-refractivity contribution in [1.29, 1.82) is 0 Å². The molecule has 1 aromatic rings. The zero-order valence-electron chi connectivity index (χ0n) is 14.2. The number of ether oxygens (including phenoxy) is 2. The fraction of sp³-hybridized carbons (Fsp3) is 0.625. The summed E-state index contributed by atoms with van der Waals surface area (Å²) in [6.45, 7) is 4.99. The average Bonchev–Trinajstić information content (AvgIpc) is 3.13. The Kier molecular flexibility index (Phi) is 5.29. The molecule has 7 nitrogen and oxygen atoms in total. The quantitative estimate of drug-likeness (QED) is 0.823. The smallest absolute Gasteiger partial charge is 0.243 e. The monoisotopic (exact) mass is 355 g/mol. The van der Waals surface area contributed by atoms with E-state index >= 15 is 0 Å². The van der Waals surface area contributed by atoms with Crippen LogP contribution in [0.3, 0.4) is 0 Å². The molecule has 1 N–H and O–H groups in total. The fourth-order valence-corrected chi connectivity index (χ4v) is 4.90. The molecule has 0 bridgehead atoms. The minimum Gasteiger partial charge on any atom is -0.497 e. The van der Waals surface area contributed by atoms with Gasteiger partial charge in [0, 0.05) is 63.5 Å². The van der Waals surface area contributed by atoms with Crippen LogP contribution in [0.2, 0.25) is 0 Å². The zero-order valence-corrected chi connectivity index (χ0v) is 15.0. The summed E-state index contributed by atoms with van der Waals surface area (Å²) in [7, 11) is -0.514. The molecule has 134 valence electrons. The summed E-state index contributed by atoms with van der Waals surface area (Å²) in [6, 6.07) is 5.08. The largest absolute Gasteiger partial charge is 0.497 e. The topological polar surface area (TPSA) is 71.1 Å². The molecular formula is C16H25N3O4S. The van der Waals surface area contributed by atoms with E-state index in [4.69, 9.17) is 9.47 Å². The second-order valence-corrected chi connectivity index (χ2v) is 8.08. The molecule has 0 radical (unpaired) electrons. The molecule has 2 heterocycles. The molecule has 3 rings (SSSR count). The Morgan fingerprint density at radius 2 is 1.67 bits per heavy atom. The van der Waals surface area contributed by atoms with E-state index in [0.29, 0.717) is 30.6 Å². The van der Waals surface area contributed by atoms with Crippen molar-refractivity contribution in [3.8, 4) is 11.5 Å². The van der Waals surface area contributed by atoms with Gasteiger partial charge in [-0.05, 0) is 6.42 Å². The molecule has 24 heavy (non-hydrogen) atoms. The molecule has 2 fully saturated rings. The van der Waals surface area contributed by atoms with E-state index in [0.717, 1.165) is 32.6 Å². The number of hydrogen-bond acceptors (Lipinski definition) is 6. The van der Waals surface area contributed by atoms with Crippen molar-refractivity contribution in [2.24, 2.45) is 0 Å². The van der Waals surface area contributed by atoms with Crippen LogP contribution in [0.5, 0.6) is 11.5 Å². The Balaban J connectivity index is 1.78. The molecule has 2 saturated heterocycles. The maximum atomic E-state index is 13.0. The molecule has 0 amide bonds. The standard InChI is InChI=1S/C16H25N3O4S/c1-22-14-9-15(23-2)11-16(10-14)24(20,21)19-6-3-13(12-19)18-7-4-17-5-8-18/h9-11,13,17H,3-8,12H2,1-2H3. The summed E-state index contributed by atoms with van der Waals surface area (Å²) in [6.07, 6.45) is 0.875. The molecule has 1 aromatic carbocycles. The zero-order chi connectivity index (χ0) is 17.2. The predicted octanol–water partition coefficient (Wildman–Crippen LogP) is 0.372. The normalized spacial score (nSPS) is 23.3. The number of benzene rings is 1. The number of sulfonamides is 1. The fourth-order valence-electron chi connectivity index (χ4n) is 3.35. The van der Waals surface area contributed by atoms with Gasteiger partial charge in [0.05, 0.1) is 19.1 Å². The van der Waals surface area contributed by atoms with E-state index in [1.807, 2.05) is 0 Å². The summed E-state index contributed by atoms with van der Waals surface area (Å²) in [4.78, 5) is 2.61. The van der Waals surface area contributed by atoms with Gasteiger partial charge in [0.25, 0.3) is 0 Å². The van der Waals surface area contributed by atoms with Crippen LogP contribution in [0.25, 0.3) is 0 Å². The third kappa shape index (κ3) is 3.51. The van der Waals surface area contributed by atoms with E-state index in [-0.39, 0.29) is 4.90 Å². The Hall–Kier alpha value is -1.35. The number of methoxy groups -OCH3 is 2. The van der Waals surface area contributed by atoms with Crippen LogP contribution in [0.1, 0.15) is 6.42 Å². The van der Waals surface area contributed by atoms with Gasteiger partial charge in [0.2, 0.25) is 10.0 Å². The lowest BCUT2D eigenvalue weighted by atomic mass is 10.2. The summed E-state index contributed by atoms with van der Waals surface area (Å²) in [5, 5.41) is 3.33. The summed E-state index contributed by atoms with van der Waals surface area (Å²) < 4.78 is 37.9. The van der Waals surface area contributed by atoms with E-state index in [9.17, 15) is 8.42 Å². The van der Waals surface area contributed by atoms with E-state index in [1.54, 1.807) is 22.5 Å². The molecule has 0 saturated carbocycles. The van der Waals surface area contributed by atoms with Gasteiger partial charge in [0.1, 0.15) is 11.5 Å². The van der Waals surface area contributed by atoms with Crippen molar-refractivity contribution >= 4 is 10.0 Å². The second kappa shape index (κ2) is 7.26. The Morgan fingerprint density at radius 3 is 2.25 bits per heavy atom. The van der Waals surface area contributed by atoms with Gasteiger partial charge < -0.3 is 14.8 Å². The molecular weight excluding hydrogens is 330 g/mol. The maximum Gasteiger partial charge on any atom is 0.243 e. The molecule has 2 aliphatic rings. The number of nitrogens with zero attached hydrogens (tertiary/aromatic N) is 2.